The van der Waals surface area contributed by atoms with Gasteiger partial charge in [-0.05, 0) is 0 Å². The molecule has 0 radical (unpaired) electrons. The Morgan fingerprint density at radius 2 is 2.38 bits per heavy atom. The van der Waals surface area contributed by atoms with Crippen LogP contribution in [-0.4, -0.2) is 24.4 Å². The zero-order valence-electron chi connectivity index (χ0n) is 4.71. The van der Waals surface area contributed by atoms with Gasteiger partial charge in [-0.3, -0.25) is 0 Å². The summed E-state index contributed by atoms with van der Waals surface area (Å²) in [5.74, 6) is 0.162. The molecule has 0 amide bonds. The first kappa shape index (κ1) is 5.79. The molecule has 1 fully saturated rings. The lowest BCUT2D eigenvalue weighted by Crippen LogP contribution is -2.14. The van der Waals surface area contributed by atoms with Gasteiger partial charge in [0.05, 0.1) is 19.3 Å². The summed E-state index contributed by atoms with van der Waals surface area (Å²) in [5.41, 5.74) is 0. The second-order valence-electron chi connectivity index (χ2n) is 2.00. The topological polar surface area (TPSA) is 29.5 Å². The maximum absolute atomic E-state index is 8.99. The Bertz CT molecular complexity index is 90.5. The predicted octanol–water partition coefficient (Wildman–Crippen LogP) is 0.180. The smallest absolute Gasteiger partial charge is 0.0858 e. The fraction of sp³-hybridized carbons (Fsp3) is 0.667. The van der Waals surface area contributed by atoms with Crippen LogP contribution in [0.1, 0.15) is 0 Å². The Labute approximate surface area is 48.8 Å². The number of aliphatic hydroxyl groups excluding tert-OH is 1. The van der Waals surface area contributed by atoms with Crippen molar-refractivity contribution in [2.24, 2.45) is 5.92 Å². The molecule has 0 saturated carbocycles. The van der Waals surface area contributed by atoms with E-state index in [1.54, 1.807) is 6.08 Å². The third-order valence-electron chi connectivity index (χ3n) is 1.40. The third-order valence-corrected chi connectivity index (χ3v) is 1.40. The molecule has 0 aromatic carbocycles. The van der Waals surface area contributed by atoms with Crippen molar-refractivity contribution in [3.05, 3.63) is 12.7 Å². The first-order valence-corrected chi connectivity index (χ1v) is 2.73. The normalized spacial score (nSPS) is 37.6. The van der Waals surface area contributed by atoms with Gasteiger partial charge in [-0.25, -0.2) is 0 Å². The van der Waals surface area contributed by atoms with Crippen LogP contribution in [0.3, 0.4) is 0 Å². The molecule has 46 valence electrons. The van der Waals surface area contributed by atoms with Crippen LogP contribution in [0.15, 0.2) is 12.7 Å². The molecule has 2 atom stereocenters. The molecule has 1 aliphatic rings. The Hall–Kier alpha value is -0.340. The van der Waals surface area contributed by atoms with Crippen LogP contribution in [0, 0.1) is 5.92 Å². The van der Waals surface area contributed by atoms with E-state index in [0.717, 1.165) is 0 Å². The molecule has 0 aliphatic carbocycles. The van der Waals surface area contributed by atoms with Gasteiger partial charge < -0.3 is 9.84 Å². The molecule has 1 N–H and O–H groups in total. The summed E-state index contributed by atoms with van der Waals surface area (Å²) < 4.78 is 4.94. The Balaban J connectivity index is 2.41. The molecular formula is C6H10O2. The summed E-state index contributed by atoms with van der Waals surface area (Å²) in [4.78, 5) is 0. The average Bonchev–Trinajstić information content (AvgIpc) is 2.14. The van der Waals surface area contributed by atoms with Gasteiger partial charge >= 0.3 is 0 Å². The number of hydrogen-bond donors (Lipinski definition) is 1. The van der Waals surface area contributed by atoms with Crippen molar-refractivity contribution in [2.75, 3.05) is 13.2 Å². The highest BCUT2D eigenvalue weighted by molar-refractivity contribution is 4.87. The maximum Gasteiger partial charge on any atom is 0.0858 e. The third kappa shape index (κ3) is 0.904. The standard InChI is InChI=1S/C6H10O2/c1-2-5-3-8-4-6(5)7/h2,5-7H,1,3-4H2/t5-,6+/m1/s1. The van der Waals surface area contributed by atoms with E-state index in [-0.39, 0.29) is 12.0 Å². The Morgan fingerprint density at radius 1 is 1.62 bits per heavy atom. The van der Waals surface area contributed by atoms with E-state index in [0.29, 0.717) is 13.2 Å². The quantitative estimate of drug-likeness (QED) is 0.493. The molecule has 1 heterocycles. The van der Waals surface area contributed by atoms with E-state index >= 15 is 0 Å². The Kier molecular flexibility index (Phi) is 1.65. The summed E-state index contributed by atoms with van der Waals surface area (Å²) in [6.45, 7) is 4.65. The zero-order valence-corrected chi connectivity index (χ0v) is 4.71. The Morgan fingerprint density at radius 3 is 2.62 bits per heavy atom. The number of rotatable bonds is 1. The first-order chi connectivity index (χ1) is 3.84. The minimum Gasteiger partial charge on any atom is -0.390 e. The maximum atomic E-state index is 8.99. The van der Waals surface area contributed by atoms with Gasteiger partial charge in [-0.2, -0.15) is 0 Å². The molecule has 0 unspecified atom stereocenters. The molecule has 1 aliphatic heterocycles. The molecule has 2 nitrogen and oxygen atoms in total. The lowest BCUT2D eigenvalue weighted by atomic mass is 10.1. The van der Waals surface area contributed by atoms with Gasteiger partial charge in [-0.15, -0.1) is 6.58 Å². The molecule has 2 heteroatoms. The second-order valence-corrected chi connectivity index (χ2v) is 2.00. The van der Waals surface area contributed by atoms with Crippen LogP contribution in [0.2, 0.25) is 0 Å². The van der Waals surface area contributed by atoms with E-state index in [4.69, 9.17) is 9.84 Å². The van der Waals surface area contributed by atoms with Crippen molar-refractivity contribution in [1.29, 1.82) is 0 Å². The van der Waals surface area contributed by atoms with E-state index in [1.807, 2.05) is 0 Å². The number of aliphatic hydroxyl groups is 1. The largest absolute Gasteiger partial charge is 0.390 e. The van der Waals surface area contributed by atoms with Crippen molar-refractivity contribution in [3.8, 4) is 0 Å². The van der Waals surface area contributed by atoms with Crippen molar-refractivity contribution in [1.82, 2.24) is 0 Å². The summed E-state index contributed by atoms with van der Waals surface area (Å²) in [7, 11) is 0. The molecule has 1 saturated heterocycles. The molecular weight excluding hydrogens is 104 g/mol. The van der Waals surface area contributed by atoms with Crippen LogP contribution in [0.4, 0.5) is 0 Å². The summed E-state index contributed by atoms with van der Waals surface area (Å²) >= 11 is 0. The van der Waals surface area contributed by atoms with Crippen LogP contribution < -0.4 is 0 Å². The van der Waals surface area contributed by atoms with Gasteiger partial charge in [0.2, 0.25) is 0 Å². The SMILES string of the molecule is C=C[C@@H]1COC[C@@H]1O. The van der Waals surface area contributed by atoms with Crippen molar-refractivity contribution >= 4 is 0 Å². The average molecular weight is 114 g/mol. The fourth-order valence-corrected chi connectivity index (χ4v) is 0.785. The highest BCUT2D eigenvalue weighted by Crippen LogP contribution is 2.12. The summed E-state index contributed by atoms with van der Waals surface area (Å²) in [6.07, 6.45) is 1.42. The van der Waals surface area contributed by atoms with Gasteiger partial charge in [0, 0.05) is 5.92 Å². The monoisotopic (exact) mass is 114 g/mol. The minimum absolute atomic E-state index is 0.162. The van der Waals surface area contributed by atoms with Gasteiger partial charge in [-0.1, -0.05) is 6.08 Å². The molecule has 0 aromatic rings. The lowest BCUT2D eigenvalue weighted by molar-refractivity contribution is 0.123. The van der Waals surface area contributed by atoms with Crippen LogP contribution in [0.5, 0.6) is 0 Å². The van der Waals surface area contributed by atoms with Crippen LogP contribution in [-0.2, 0) is 4.74 Å². The van der Waals surface area contributed by atoms with E-state index in [9.17, 15) is 0 Å². The molecule has 0 aromatic heterocycles. The lowest BCUT2D eigenvalue weighted by Gasteiger charge is -2.02. The predicted molar refractivity (Wildman–Crippen MR) is 30.5 cm³/mol. The summed E-state index contributed by atoms with van der Waals surface area (Å²) in [6, 6.07) is 0. The highest BCUT2D eigenvalue weighted by Gasteiger charge is 2.22. The zero-order chi connectivity index (χ0) is 5.98. The van der Waals surface area contributed by atoms with Crippen LogP contribution in [0.25, 0.3) is 0 Å². The van der Waals surface area contributed by atoms with Crippen molar-refractivity contribution in [2.45, 2.75) is 6.10 Å². The number of hydrogen-bond acceptors (Lipinski definition) is 2. The molecule has 8 heavy (non-hydrogen) atoms. The van der Waals surface area contributed by atoms with Crippen molar-refractivity contribution < 1.29 is 9.84 Å². The van der Waals surface area contributed by atoms with E-state index < -0.39 is 0 Å². The van der Waals surface area contributed by atoms with Gasteiger partial charge in [0.1, 0.15) is 0 Å². The minimum atomic E-state index is -0.313. The fourth-order valence-electron chi connectivity index (χ4n) is 0.785. The van der Waals surface area contributed by atoms with Crippen molar-refractivity contribution in [3.63, 3.8) is 0 Å². The van der Waals surface area contributed by atoms with Gasteiger partial charge in [0.15, 0.2) is 0 Å². The molecule has 0 bridgehead atoms. The molecule has 0 spiro atoms. The molecule has 1 rings (SSSR count). The van der Waals surface area contributed by atoms with Crippen LogP contribution >= 0.6 is 0 Å². The first-order valence-electron chi connectivity index (χ1n) is 2.73. The number of ether oxygens (including phenoxy) is 1. The summed E-state index contributed by atoms with van der Waals surface area (Å²) in [5, 5.41) is 8.99. The van der Waals surface area contributed by atoms with E-state index in [2.05, 4.69) is 6.58 Å². The van der Waals surface area contributed by atoms with E-state index in [1.165, 1.54) is 0 Å². The highest BCUT2D eigenvalue weighted by atomic mass is 16.5. The van der Waals surface area contributed by atoms with Gasteiger partial charge in [0.25, 0.3) is 0 Å². The second kappa shape index (κ2) is 2.29.